The molecule has 0 radical (unpaired) electrons. The van der Waals surface area contributed by atoms with Gasteiger partial charge >= 0.3 is 0 Å². The van der Waals surface area contributed by atoms with Crippen molar-refractivity contribution in [3.63, 3.8) is 0 Å². The van der Waals surface area contributed by atoms with Gasteiger partial charge < -0.3 is 10.6 Å². The zero-order chi connectivity index (χ0) is 13.2. The van der Waals surface area contributed by atoms with Gasteiger partial charge in [-0.25, -0.2) is 4.98 Å². The summed E-state index contributed by atoms with van der Waals surface area (Å²) in [7, 11) is 2.04. The summed E-state index contributed by atoms with van der Waals surface area (Å²) in [5.74, 6) is 0.989. The van der Waals surface area contributed by atoms with Gasteiger partial charge in [-0.3, -0.25) is 4.40 Å². The molecular weight excluding hydrogens is 256 g/mol. The zero-order valence-corrected chi connectivity index (χ0v) is 11.6. The second-order valence-electron chi connectivity index (χ2n) is 4.37. The number of hydrogen-bond donors (Lipinski definition) is 1. The fraction of sp³-hybridized carbons (Fsp3) is 0.214. The molecule has 0 saturated carbocycles. The minimum atomic E-state index is 0.624. The predicted octanol–water partition coefficient (Wildman–Crippen LogP) is 2.66. The van der Waals surface area contributed by atoms with Crippen LogP contribution in [-0.2, 0) is 6.42 Å². The van der Waals surface area contributed by atoms with Gasteiger partial charge in [-0.05, 0) is 18.7 Å². The van der Waals surface area contributed by atoms with Crippen molar-refractivity contribution in [2.45, 2.75) is 6.42 Å². The third kappa shape index (κ3) is 2.11. The highest BCUT2D eigenvalue weighted by Crippen LogP contribution is 2.29. The Labute approximate surface area is 116 Å². The zero-order valence-electron chi connectivity index (χ0n) is 10.8. The highest BCUT2D eigenvalue weighted by atomic mass is 32.1. The first-order valence-electron chi connectivity index (χ1n) is 6.24. The third-order valence-electron chi connectivity index (χ3n) is 3.18. The molecule has 0 aliphatic heterocycles. The number of para-hydroxylation sites is 1. The quantitative estimate of drug-likeness (QED) is 0.794. The van der Waals surface area contributed by atoms with Gasteiger partial charge in [0.1, 0.15) is 0 Å². The van der Waals surface area contributed by atoms with Crippen LogP contribution in [0, 0.1) is 0 Å². The Morgan fingerprint density at radius 2 is 2.11 bits per heavy atom. The van der Waals surface area contributed by atoms with Crippen molar-refractivity contribution in [3.8, 4) is 0 Å². The minimum absolute atomic E-state index is 0.624. The smallest absolute Gasteiger partial charge is 0.195 e. The van der Waals surface area contributed by atoms with Crippen LogP contribution in [-0.4, -0.2) is 23.0 Å². The maximum atomic E-state index is 5.73. The molecule has 0 aliphatic carbocycles. The molecule has 2 N–H and O–H groups in total. The van der Waals surface area contributed by atoms with Gasteiger partial charge in [0.05, 0.1) is 5.69 Å². The van der Waals surface area contributed by atoms with E-state index in [1.165, 1.54) is 5.69 Å². The number of aromatic nitrogens is 2. The average Bonchev–Trinajstić information content (AvgIpc) is 3.02. The molecule has 0 fully saturated rings. The van der Waals surface area contributed by atoms with E-state index in [0.717, 1.165) is 22.9 Å². The Kier molecular flexibility index (Phi) is 3.23. The van der Waals surface area contributed by atoms with Crippen molar-refractivity contribution in [2.75, 3.05) is 18.5 Å². The molecule has 1 aromatic carbocycles. The monoisotopic (exact) mass is 272 g/mol. The van der Waals surface area contributed by atoms with Crippen LogP contribution < -0.4 is 10.6 Å². The summed E-state index contributed by atoms with van der Waals surface area (Å²) in [6.07, 6.45) is 2.88. The van der Waals surface area contributed by atoms with Gasteiger partial charge in [-0.2, -0.15) is 0 Å². The Morgan fingerprint density at radius 1 is 1.32 bits per heavy atom. The molecule has 0 bridgehead atoms. The summed E-state index contributed by atoms with van der Waals surface area (Å²) < 4.78 is 2.13. The Morgan fingerprint density at radius 3 is 2.84 bits per heavy atom. The predicted molar refractivity (Wildman–Crippen MR) is 80.3 cm³/mol. The third-order valence-corrected chi connectivity index (χ3v) is 3.94. The van der Waals surface area contributed by atoms with Crippen LogP contribution in [0.4, 0.5) is 11.5 Å². The second-order valence-corrected chi connectivity index (χ2v) is 5.24. The van der Waals surface area contributed by atoms with Crippen LogP contribution in [0.2, 0.25) is 0 Å². The highest BCUT2D eigenvalue weighted by Gasteiger charge is 2.16. The van der Waals surface area contributed by atoms with Crippen LogP contribution in [0.15, 0.2) is 41.9 Å². The molecule has 0 saturated heterocycles. The molecule has 0 atom stereocenters. The van der Waals surface area contributed by atoms with Crippen LogP contribution >= 0.6 is 11.3 Å². The molecule has 0 aliphatic rings. The standard InChI is InChI=1S/C14H16N4S/c1-17(11-5-3-2-4-6-11)13-12(7-8-15)18-9-10-19-14(18)16-13/h2-6,9-10H,7-8,15H2,1H3. The number of fused-ring (bicyclic) bond motifs is 1. The molecule has 19 heavy (non-hydrogen) atoms. The fourth-order valence-electron chi connectivity index (χ4n) is 2.23. The Balaban J connectivity index is 2.08. The maximum Gasteiger partial charge on any atom is 0.195 e. The van der Waals surface area contributed by atoms with E-state index in [4.69, 9.17) is 10.7 Å². The number of anilines is 2. The van der Waals surface area contributed by atoms with E-state index >= 15 is 0 Å². The average molecular weight is 272 g/mol. The molecule has 2 aromatic heterocycles. The number of nitrogens with two attached hydrogens (primary N) is 1. The van der Waals surface area contributed by atoms with Gasteiger partial charge in [0.25, 0.3) is 0 Å². The van der Waals surface area contributed by atoms with Crippen molar-refractivity contribution in [1.29, 1.82) is 0 Å². The summed E-state index contributed by atoms with van der Waals surface area (Å²) in [4.78, 5) is 7.85. The first kappa shape index (κ1) is 12.2. The maximum absolute atomic E-state index is 5.73. The van der Waals surface area contributed by atoms with Gasteiger partial charge in [-0.15, -0.1) is 11.3 Å². The molecule has 98 valence electrons. The lowest BCUT2D eigenvalue weighted by molar-refractivity contribution is 0.902. The lowest BCUT2D eigenvalue weighted by atomic mass is 10.2. The topological polar surface area (TPSA) is 46.6 Å². The van der Waals surface area contributed by atoms with Gasteiger partial charge in [0.15, 0.2) is 10.8 Å². The van der Waals surface area contributed by atoms with Crippen molar-refractivity contribution < 1.29 is 0 Å². The SMILES string of the molecule is CN(c1ccccc1)c1nc2sccn2c1CCN. The summed E-state index contributed by atoms with van der Waals surface area (Å²) >= 11 is 1.65. The molecule has 0 amide bonds. The largest absolute Gasteiger partial charge is 0.330 e. The molecule has 0 unspecified atom stereocenters. The van der Waals surface area contributed by atoms with Crippen molar-refractivity contribution >= 4 is 27.8 Å². The van der Waals surface area contributed by atoms with Crippen LogP contribution in [0.1, 0.15) is 5.69 Å². The Hall–Kier alpha value is -1.85. The molecular formula is C14H16N4S. The molecule has 5 heteroatoms. The van der Waals surface area contributed by atoms with Crippen LogP contribution in [0.5, 0.6) is 0 Å². The van der Waals surface area contributed by atoms with Gasteiger partial charge in [0, 0.05) is 30.7 Å². The van der Waals surface area contributed by atoms with Gasteiger partial charge in [0.2, 0.25) is 0 Å². The summed E-state index contributed by atoms with van der Waals surface area (Å²) in [5.41, 5.74) is 8.03. The number of hydrogen-bond acceptors (Lipinski definition) is 4. The van der Waals surface area contributed by atoms with Gasteiger partial charge in [-0.1, -0.05) is 18.2 Å². The normalized spacial score (nSPS) is 11.1. The lowest BCUT2D eigenvalue weighted by Crippen LogP contribution is -2.14. The van der Waals surface area contributed by atoms with Crippen LogP contribution in [0.25, 0.3) is 4.96 Å². The van der Waals surface area contributed by atoms with E-state index < -0.39 is 0 Å². The second kappa shape index (κ2) is 5.03. The van der Waals surface area contributed by atoms with E-state index in [0.29, 0.717) is 6.54 Å². The first-order chi connectivity index (χ1) is 9.31. The molecule has 0 spiro atoms. The van der Waals surface area contributed by atoms with E-state index in [2.05, 4.69) is 33.0 Å². The number of thiazole rings is 1. The summed E-state index contributed by atoms with van der Waals surface area (Å²) in [5, 5.41) is 2.05. The summed E-state index contributed by atoms with van der Waals surface area (Å²) in [6, 6.07) is 10.3. The molecule has 2 heterocycles. The lowest BCUT2D eigenvalue weighted by Gasteiger charge is -2.18. The minimum Gasteiger partial charge on any atom is -0.330 e. The van der Waals surface area contributed by atoms with E-state index in [1.807, 2.05) is 25.2 Å². The van der Waals surface area contributed by atoms with E-state index in [-0.39, 0.29) is 0 Å². The van der Waals surface area contributed by atoms with Crippen molar-refractivity contribution in [1.82, 2.24) is 9.38 Å². The number of rotatable bonds is 4. The number of imidazole rings is 1. The molecule has 3 aromatic rings. The number of benzene rings is 1. The van der Waals surface area contributed by atoms with Crippen LogP contribution in [0.3, 0.4) is 0 Å². The number of nitrogens with zero attached hydrogens (tertiary/aromatic N) is 3. The first-order valence-corrected chi connectivity index (χ1v) is 7.12. The van der Waals surface area contributed by atoms with Crippen molar-refractivity contribution in [2.24, 2.45) is 5.73 Å². The fourth-order valence-corrected chi connectivity index (χ4v) is 2.96. The van der Waals surface area contributed by atoms with E-state index in [1.54, 1.807) is 11.3 Å². The van der Waals surface area contributed by atoms with E-state index in [9.17, 15) is 0 Å². The summed E-state index contributed by atoms with van der Waals surface area (Å²) in [6.45, 7) is 0.624. The molecule has 3 rings (SSSR count). The Bertz CT molecular complexity index is 671. The highest BCUT2D eigenvalue weighted by molar-refractivity contribution is 7.15. The van der Waals surface area contributed by atoms with Crippen molar-refractivity contribution in [3.05, 3.63) is 47.6 Å². The molecule has 4 nitrogen and oxygen atoms in total.